The number of benzene rings is 1. The molecule has 0 aromatic heterocycles. The number of hydrogen-bond acceptors (Lipinski definition) is 2. The number of carbonyl (C=O) groups excluding carboxylic acids is 1. The highest BCUT2D eigenvalue weighted by molar-refractivity contribution is 9.08. The van der Waals surface area contributed by atoms with Gasteiger partial charge in [-0.25, -0.2) is 0 Å². The Morgan fingerprint density at radius 1 is 1.26 bits per heavy atom. The lowest BCUT2D eigenvalue weighted by atomic mass is 10.1. The molecule has 19 heavy (non-hydrogen) atoms. The molecule has 1 amide bonds. The molecule has 0 spiro atoms. The van der Waals surface area contributed by atoms with Gasteiger partial charge in [0, 0.05) is 17.4 Å². The van der Waals surface area contributed by atoms with Gasteiger partial charge in [0.2, 0.25) is 0 Å². The van der Waals surface area contributed by atoms with E-state index in [4.69, 9.17) is 0 Å². The van der Waals surface area contributed by atoms with E-state index < -0.39 is 0 Å². The highest BCUT2D eigenvalue weighted by Crippen LogP contribution is 2.12. The number of alkyl halides is 1. The fourth-order valence-electron chi connectivity index (χ4n) is 2.00. The molecule has 0 atom stereocenters. The normalized spacial score (nSPS) is 10.7. The summed E-state index contributed by atoms with van der Waals surface area (Å²) >= 11 is 3.41. The molecule has 1 aromatic carbocycles. The van der Waals surface area contributed by atoms with E-state index in [0.29, 0.717) is 5.33 Å². The zero-order chi connectivity index (χ0) is 14.1. The van der Waals surface area contributed by atoms with Crippen LogP contribution in [0.1, 0.15) is 36.2 Å². The maximum atomic E-state index is 12.1. The van der Waals surface area contributed by atoms with E-state index in [9.17, 15) is 4.79 Å². The van der Waals surface area contributed by atoms with Gasteiger partial charge >= 0.3 is 0 Å². The molecule has 0 saturated heterocycles. The Hall–Kier alpha value is -0.870. The Labute approximate surface area is 124 Å². The molecule has 1 aromatic rings. The molecule has 4 heteroatoms. The number of halogens is 1. The van der Waals surface area contributed by atoms with Gasteiger partial charge in [-0.3, -0.25) is 4.79 Å². The van der Waals surface area contributed by atoms with Crippen LogP contribution < -0.4 is 5.32 Å². The van der Waals surface area contributed by atoms with Crippen LogP contribution in [0.5, 0.6) is 0 Å². The van der Waals surface area contributed by atoms with Crippen molar-refractivity contribution >= 4 is 21.8 Å². The minimum Gasteiger partial charge on any atom is -0.352 e. The van der Waals surface area contributed by atoms with E-state index in [1.807, 2.05) is 24.3 Å². The van der Waals surface area contributed by atoms with E-state index >= 15 is 0 Å². The Morgan fingerprint density at radius 2 is 1.95 bits per heavy atom. The van der Waals surface area contributed by atoms with Gasteiger partial charge in [-0.2, -0.15) is 0 Å². The van der Waals surface area contributed by atoms with Crippen molar-refractivity contribution in [2.45, 2.75) is 25.6 Å². The maximum absolute atomic E-state index is 12.1. The second-order valence-corrected chi connectivity index (χ2v) is 4.99. The van der Waals surface area contributed by atoms with Crippen molar-refractivity contribution in [2.24, 2.45) is 0 Å². The molecule has 0 radical (unpaired) electrons. The summed E-state index contributed by atoms with van der Waals surface area (Å²) in [4.78, 5) is 14.4. The van der Waals surface area contributed by atoms with E-state index in [2.05, 4.69) is 40.0 Å². The highest BCUT2D eigenvalue weighted by atomic mass is 79.9. The van der Waals surface area contributed by atoms with Crippen molar-refractivity contribution in [3.05, 3.63) is 35.4 Å². The lowest BCUT2D eigenvalue weighted by Gasteiger charge is -2.17. The summed E-state index contributed by atoms with van der Waals surface area (Å²) < 4.78 is 0. The van der Waals surface area contributed by atoms with E-state index in [-0.39, 0.29) is 5.91 Å². The number of nitrogens with one attached hydrogen (secondary N) is 1. The van der Waals surface area contributed by atoms with Gasteiger partial charge in [0.1, 0.15) is 0 Å². The van der Waals surface area contributed by atoms with Gasteiger partial charge < -0.3 is 10.2 Å². The molecular formula is C15H23BrN2O. The SMILES string of the molecule is CCN(CC)CCCNC(=O)c1ccccc1CBr. The van der Waals surface area contributed by atoms with Gasteiger partial charge in [0.25, 0.3) is 5.91 Å². The van der Waals surface area contributed by atoms with E-state index in [0.717, 1.165) is 43.7 Å². The summed E-state index contributed by atoms with van der Waals surface area (Å²) in [7, 11) is 0. The van der Waals surface area contributed by atoms with Gasteiger partial charge in [0.15, 0.2) is 0 Å². The molecule has 0 heterocycles. The number of nitrogens with zero attached hydrogens (tertiary/aromatic N) is 1. The van der Waals surface area contributed by atoms with Crippen molar-refractivity contribution in [3.8, 4) is 0 Å². The van der Waals surface area contributed by atoms with Crippen molar-refractivity contribution in [1.82, 2.24) is 10.2 Å². The second kappa shape index (κ2) is 9.10. The number of rotatable bonds is 8. The van der Waals surface area contributed by atoms with Crippen LogP contribution in [0.15, 0.2) is 24.3 Å². The van der Waals surface area contributed by atoms with Crippen LogP contribution in [-0.2, 0) is 5.33 Å². The van der Waals surface area contributed by atoms with Crippen molar-refractivity contribution < 1.29 is 4.79 Å². The Kier molecular flexibility index (Phi) is 7.75. The summed E-state index contributed by atoms with van der Waals surface area (Å²) in [6.07, 6.45) is 0.990. The third kappa shape index (κ3) is 5.33. The number of hydrogen-bond donors (Lipinski definition) is 1. The summed E-state index contributed by atoms with van der Waals surface area (Å²) in [5.74, 6) is 0.0228. The third-order valence-electron chi connectivity index (χ3n) is 3.24. The fraction of sp³-hybridized carbons (Fsp3) is 0.533. The summed E-state index contributed by atoms with van der Waals surface area (Å²) in [6.45, 7) is 8.22. The average Bonchev–Trinajstić information content (AvgIpc) is 2.47. The predicted molar refractivity (Wildman–Crippen MR) is 83.8 cm³/mol. The molecule has 1 N–H and O–H groups in total. The highest BCUT2D eigenvalue weighted by Gasteiger charge is 2.09. The van der Waals surface area contributed by atoms with Gasteiger partial charge in [0.05, 0.1) is 0 Å². The first-order valence-corrected chi connectivity index (χ1v) is 7.99. The zero-order valence-electron chi connectivity index (χ0n) is 11.8. The molecule has 0 saturated carbocycles. The minimum absolute atomic E-state index is 0.0228. The minimum atomic E-state index is 0.0228. The first-order chi connectivity index (χ1) is 9.22. The van der Waals surface area contributed by atoms with Crippen LogP contribution in [0.4, 0.5) is 0 Å². The molecule has 0 bridgehead atoms. The number of carbonyl (C=O) groups is 1. The summed E-state index contributed by atoms with van der Waals surface area (Å²) in [5, 5.41) is 3.70. The van der Waals surface area contributed by atoms with E-state index in [1.165, 1.54) is 0 Å². The zero-order valence-corrected chi connectivity index (χ0v) is 13.4. The maximum Gasteiger partial charge on any atom is 0.251 e. The second-order valence-electron chi connectivity index (χ2n) is 4.43. The van der Waals surface area contributed by atoms with Crippen LogP contribution in [0.2, 0.25) is 0 Å². The average molecular weight is 327 g/mol. The Bertz CT molecular complexity index is 391. The Morgan fingerprint density at radius 3 is 2.58 bits per heavy atom. The quantitative estimate of drug-likeness (QED) is 0.588. The van der Waals surface area contributed by atoms with Gasteiger partial charge in [-0.1, -0.05) is 48.0 Å². The van der Waals surface area contributed by atoms with Crippen LogP contribution in [0.25, 0.3) is 0 Å². The lowest BCUT2D eigenvalue weighted by Crippen LogP contribution is -2.30. The molecule has 0 fully saturated rings. The molecule has 1 rings (SSSR count). The lowest BCUT2D eigenvalue weighted by molar-refractivity contribution is 0.0951. The van der Waals surface area contributed by atoms with Crippen molar-refractivity contribution in [2.75, 3.05) is 26.2 Å². The summed E-state index contributed by atoms with van der Waals surface area (Å²) in [6, 6.07) is 7.70. The molecule has 0 unspecified atom stereocenters. The molecule has 0 aliphatic carbocycles. The van der Waals surface area contributed by atoms with Gasteiger partial charge in [-0.15, -0.1) is 0 Å². The monoisotopic (exact) mass is 326 g/mol. The molecule has 3 nitrogen and oxygen atoms in total. The summed E-state index contributed by atoms with van der Waals surface area (Å²) in [5.41, 5.74) is 1.80. The standard InChI is InChI=1S/C15H23BrN2O/c1-3-18(4-2)11-7-10-17-15(19)14-9-6-5-8-13(14)12-16/h5-6,8-9H,3-4,7,10-12H2,1-2H3,(H,17,19). The van der Waals surface area contributed by atoms with Crippen molar-refractivity contribution in [1.29, 1.82) is 0 Å². The van der Waals surface area contributed by atoms with Crippen LogP contribution in [0, 0.1) is 0 Å². The molecular weight excluding hydrogens is 304 g/mol. The third-order valence-corrected chi connectivity index (χ3v) is 3.84. The van der Waals surface area contributed by atoms with Crippen LogP contribution in [-0.4, -0.2) is 37.0 Å². The smallest absolute Gasteiger partial charge is 0.251 e. The molecule has 0 aliphatic rings. The predicted octanol–water partition coefficient (Wildman–Crippen LogP) is 3.04. The van der Waals surface area contributed by atoms with Gasteiger partial charge in [-0.05, 0) is 37.7 Å². The van der Waals surface area contributed by atoms with Crippen molar-refractivity contribution in [3.63, 3.8) is 0 Å². The fourth-order valence-corrected chi connectivity index (χ4v) is 2.49. The van der Waals surface area contributed by atoms with Crippen LogP contribution in [0.3, 0.4) is 0 Å². The first-order valence-electron chi connectivity index (χ1n) is 6.87. The van der Waals surface area contributed by atoms with Crippen LogP contribution >= 0.6 is 15.9 Å². The Balaban J connectivity index is 2.39. The number of amides is 1. The van der Waals surface area contributed by atoms with E-state index in [1.54, 1.807) is 0 Å². The molecule has 0 aliphatic heterocycles. The largest absolute Gasteiger partial charge is 0.352 e. The molecule has 106 valence electrons. The topological polar surface area (TPSA) is 32.3 Å². The first kappa shape index (κ1) is 16.2.